The van der Waals surface area contributed by atoms with Crippen molar-refractivity contribution in [2.24, 2.45) is 11.8 Å². The number of likely N-dealkylation sites (tertiary alicyclic amines) is 1. The fraction of sp³-hybridized carbons (Fsp3) is 0.429. The Labute approximate surface area is 205 Å². The van der Waals surface area contributed by atoms with E-state index < -0.39 is 5.60 Å². The predicted molar refractivity (Wildman–Crippen MR) is 130 cm³/mol. The third kappa shape index (κ3) is 4.08. The van der Waals surface area contributed by atoms with Crippen molar-refractivity contribution in [1.82, 2.24) is 14.5 Å². The zero-order chi connectivity index (χ0) is 24.2. The molecule has 7 heteroatoms. The number of hydrogen-bond donors (Lipinski definition) is 1. The molecule has 3 aliphatic rings. The number of aromatic hydroxyl groups is 1. The van der Waals surface area contributed by atoms with Crippen LogP contribution >= 0.6 is 0 Å². The average Bonchev–Trinajstić information content (AvgIpc) is 3.35. The minimum absolute atomic E-state index is 0.0577. The van der Waals surface area contributed by atoms with Crippen molar-refractivity contribution >= 4 is 5.91 Å². The molecule has 0 radical (unpaired) electrons. The van der Waals surface area contributed by atoms with Crippen molar-refractivity contribution in [2.75, 3.05) is 13.1 Å². The van der Waals surface area contributed by atoms with Gasteiger partial charge in [-0.1, -0.05) is 12.1 Å². The Bertz CT molecular complexity index is 1240. The summed E-state index contributed by atoms with van der Waals surface area (Å²) >= 11 is 0. The monoisotopic (exact) mass is 473 g/mol. The number of benzene rings is 2. The molecule has 2 saturated heterocycles. The van der Waals surface area contributed by atoms with Crippen LogP contribution in [-0.4, -0.2) is 50.3 Å². The Balaban J connectivity index is 1.19. The van der Waals surface area contributed by atoms with Crippen molar-refractivity contribution in [3.8, 4) is 11.5 Å². The van der Waals surface area contributed by atoms with Crippen molar-refractivity contribution in [3.63, 3.8) is 0 Å². The highest BCUT2D eigenvalue weighted by molar-refractivity contribution is 5.94. The number of ether oxygens (including phenoxy) is 2. The van der Waals surface area contributed by atoms with Gasteiger partial charge in [0.2, 0.25) is 0 Å². The fourth-order valence-electron chi connectivity index (χ4n) is 6.05. The number of imidazole rings is 1. The Morgan fingerprint density at radius 1 is 1.23 bits per heavy atom. The van der Waals surface area contributed by atoms with Crippen LogP contribution in [0.3, 0.4) is 0 Å². The molecular weight excluding hydrogens is 442 g/mol. The number of fused-ring (bicyclic) bond motifs is 4. The van der Waals surface area contributed by atoms with Gasteiger partial charge in [0.05, 0.1) is 18.5 Å². The van der Waals surface area contributed by atoms with E-state index in [-0.39, 0.29) is 35.7 Å². The van der Waals surface area contributed by atoms with Gasteiger partial charge in [-0.3, -0.25) is 4.79 Å². The molecule has 4 atom stereocenters. The van der Waals surface area contributed by atoms with Crippen molar-refractivity contribution in [3.05, 3.63) is 77.9 Å². The van der Waals surface area contributed by atoms with E-state index in [0.717, 1.165) is 29.5 Å². The SMILES string of the molecule is CC1(C)Oc2cc(O)ccc2[C@H]2O[C@H]3CCN(C(=O)c4cccc(Cn5ccnc5)c4)C[C@@H]3C[C@@H]21. The van der Waals surface area contributed by atoms with E-state index in [1.54, 1.807) is 24.7 Å². The molecule has 2 aromatic carbocycles. The summed E-state index contributed by atoms with van der Waals surface area (Å²) in [6.45, 7) is 6.26. The summed E-state index contributed by atoms with van der Waals surface area (Å²) in [5.41, 5.74) is 2.40. The number of rotatable bonds is 3. The van der Waals surface area contributed by atoms with Crippen LogP contribution in [0.15, 0.2) is 61.2 Å². The van der Waals surface area contributed by atoms with Gasteiger partial charge in [0.1, 0.15) is 17.1 Å². The van der Waals surface area contributed by atoms with Crippen molar-refractivity contribution < 1.29 is 19.4 Å². The third-order valence-electron chi connectivity index (χ3n) is 7.86. The number of phenols is 1. The van der Waals surface area contributed by atoms with Crippen LogP contribution in [0.25, 0.3) is 0 Å². The molecule has 0 bridgehead atoms. The van der Waals surface area contributed by atoms with Crippen LogP contribution < -0.4 is 4.74 Å². The largest absolute Gasteiger partial charge is 0.508 e. The normalized spacial score (nSPS) is 26.7. The van der Waals surface area contributed by atoms with Gasteiger partial charge in [0.15, 0.2) is 0 Å². The second-order valence-electron chi connectivity index (χ2n) is 10.6. The molecule has 1 N–H and O–H groups in total. The number of phenolic OH excluding ortho intramolecular Hbond substituents is 1. The van der Waals surface area contributed by atoms with E-state index in [2.05, 4.69) is 18.8 Å². The topological polar surface area (TPSA) is 76.8 Å². The minimum atomic E-state index is -0.426. The molecule has 3 aliphatic heterocycles. The number of piperidine rings is 1. The van der Waals surface area contributed by atoms with E-state index in [1.165, 1.54) is 0 Å². The van der Waals surface area contributed by atoms with Crippen LogP contribution in [0.2, 0.25) is 0 Å². The predicted octanol–water partition coefficient (Wildman–Crippen LogP) is 4.42. The Kier molecular flexibility index (Phi) is 5.33. The lowest BCUT2D eigenvalue weighted by Crippen LogP contribution is -2.56. The number of carbonyl (C=O) groups is 1. The van der Waals surface area contributed by atoms with Gasteiger partial charge in [-0.15, -0.1) is 0 Å². The molecule has 3 aromatic rings. The lowest BCUT2D eigenvalue weighted by molar-refractivity contribution is -0.184. The summed E-state index contributed by atoms with van der Waals surface area (Å²) in [5.74, 6) is 1.43. The molecule has 0 unspecified atom stereocenters. The maximum Gasteiger partial charge on any atom is 0.253 e. The summed E-state index contributed by atoms with van der Waals surface area (Å²) in [6.07, 6.45) is 7.29. The Hall–Kier alpha value is -3.32. The second kappa shape index (κ2) is 8.41. The molecule has 1 amide bonds. The van der Waals surface area contributed by atoms with Gasteiger partial charge >= 0.3 is 0 Å². The molecule has 0 saturated carbocycles. The lowest BCUT2D eigenvalue weighted by atomic mass is 9.70. The zero-order valence-electron chi connectivity index (χ0n) is 20.1. The van der Waals surface area contributed by atoms with E-state index in [9.17, 15) is 9.90 Å². The van der Waals surface area contributed by atoms with Gasteiger partial charge in [0.25, 0.3) is 5.91 Å². The molecule has 0 aliphatic carbocycles. The standard InChI is InChI=1S/C28H31N3O4/c1-28(2)23-13-20-16-31(27(33)19-5-3-4-18(12-19)15-30-11-9-29-17-30)10-8-24(20)34-26(23)22-7-6-21(32)14-25(22)35-28/h3-7,9,11-12,14,17,20,23-24,26,32H,8,10,13,15-16H2,1-2H3/t20-,23-,24-,26+/m0/s1. The molecule has 4 heterocycles. The smallest absolute Gasteiger partial charge is 0.253 e. The van der Waals surface area contributed by atoms with Gasteiger partial charge in [-0.25, -0.2) is 4.98 Å². The maximum atomic E-state index is 13.5. The second-order valence-corrected chi connectivity index (χ2v) is 10.6. The first-order chi connectivity index (χ1) is 16.9. The average molecular weight is 474 g/mol. The van der Waals surface area contributed by atoms with E-state index in [0.29, 0.717) is 25.4 Å². The summed E-state index contributed by atoms with van der Waals surface area (Å²) in [4.78, 5) is 19.5. The van der Waals surface area contributed by atoms with Gasteiger partial charge in [0, 0.05) is 61.1 Å². The lowest BCUT2D eigenvalue weighted by Gasteiger charge is -2.53. The molecule has 7 nitrogen and oxygen atoms in total. The first-order valence-corrected chi connectivity index (χ1v) is 12.4. The quantitative estimate of drug-likeness (QED) is 0.610. The van der Waals surface area contributed by atoms with Gasteiger partial charge < -0.3 is 24.0 Å². The fourth-order valence-corrected chi connectivity index (χ4v) is 6.05. The highest BCUT2D eigenvalue weighted by Crippen LogP contribution is 2.53. The summed E-state index contributed by atoms with van der Waals surface area (Å²) < 4.78 is 15.0. The summed E-state index contributed by atoms with van der Waals surface area (Å²) in [5, 5.41) is 9.94. The first-order valence-electron chi connectivity index (χ1n) is 12.4. The highest BCUT2D eigenvalue weighted by Gasteiger charge is 2.51. The van der Waals surface area contributed by atoms with Crippen LogP contribution in [0.1, 0.15) is 54.3 Å². The third-order valence-corrected chi connectivity index (χ3v) is 7.86. The molecule has 35 heavy (non-hydrogen) atoms. The van der Waals surface area contributed by atoms with Crippen LogP contribution in [-0.2, 0) is 11.3 Å². The number of carbonyl (C=O) groups excluding carboxylic acids is 1. The Morgan fingerprint density at radius 3 is 2.94 bits per heavy atom. The molecule has 1 aromatic heterocycles. The molecular formula is C28H31N3O4. The molecule has 6 rings (SSSR count). The van der Waals surface area contributed by atoms with Crippen LogP contribution in [0, 0.1) is 11.8 Å². The Morgan fingerprint density at radius 2 is 2.11 bits per heavy atom. The number of amides is 1. The summed E-state index contributed by atoms with van der Waals surface area (Å²) in [6, 6.07) is 13.2. The van der Waals surface area contributed by atoms with Crippen molar-refractivity contribution in [1.29, 1.82) is 0 Å². The van der Waals surface area contributed by atoms with Gasteiger partial charge in [-0.2, -0.15) is 0 Å². The first kappa shape index (κ1) is 22.2. The maximum absolute atomic E-state index is 13.5. The number of nitrogens with zero attached hydrogens (tertiary/aromatic N) is 3. The van der Waals surface area contributed by atoms with Crippen LogP contribution in [0.4, 0.5) is 0 Å². The summed E-state index contributed by atoms with van der Waals surface area (Å²) in [7, 11) is 0. The van der Waals surface area contributed by atoms with Gasteiger partial charge in [-0.05, 0) is 56.5 Å². The minimum Gasteiger partial charge on any atom is -0.508 e. The van der Waals surface area contributed by atoms with Crippen LogP contribution in [0.5, 0.6) is 11.5 Å². The number of hydrogen-bond acceptors (Lipinski definition) is 5. The van der Waals surface area contributed by atoms with E-state index in [4.69, 9.17) is 9.47 Å². The van der Waals surface area contributed by atoms with E-state index in [1.807, 2.05) is 46.0 Å². The number of aromatic nitrogens is 2. The zero-order valence-corrected chi connectivity index (χ0v) is 20.1. The van der Waals surface area contributed by atoms with Crippen molar-refractivity contribution in [2.45, 2.75) is 51.0 Å². The molecule has 182 valence electrons. The highest BCUT2D eigenvalue weighted by atomic mass is 16.5. The molecule has 0 spiro atoms. The molecule has 2 fully saturated rings. The van der Waals surface area contributed by atoms with E-state index >= 15 is 0 Å².